The highest BCUT2D eigenvalue weighted by Gasteiger charge is 2.32. The molecule has 1 aliphatic rings. The zero-order chi connectivity index (χ0) is 19.4. The third-order valence-electron chi connectivity index (χ3n) is 4.41. The van der Waals surface area contributed by atoms with Crippen LogP contribution in [0.15, 0.2) is 53.4 Å². The summed E-state index contributed by atoms with van der Waals surface area (Å²) in [6.07, 6.45) is 1.20. The van der Waals surface area contributed by atoms with Crippen LogP contribution in [-0.4, -0.2) is 49.2 Å². The van der Waals surface area contributed by atoms with Crippen molar-refractivity contribution < 1.29 is 14.3 Å². The van der Waals surface area contributed by atoms with E-state index in [1.165, 1.54) is 4.90 Å². The van der Waals surface area contributed by atoms with Gasteiger partial charge in [-0.15, -0.1) is 11.8 Å². The van der Waals surface area contributed by atoms with Crippen molar-refractivity contribution in [3.63, 3.8) is 0 Å². The molecule has 0 aliphatic carbocycles. The van der Waals surface area contributed by atoms with Gasteiger partial charge in [-0.25, -0.2) is 0 Å². The zero-order valence-electron chi connectivity index (χ0n) is 15.4. The van der Waals surface area contributed by atoms with Gasteiger partial charge in [-0.2, -0.15) is 0 Å². The summed E-state index contributed by atoms with van der Waals surface area (Å²) in [6.45, 7) is 1.01. The molecule has 1 aliphatic heterocycles. The maximum Gasteiger partial charge on any atom is 0.260 e. The second-order valence-electron chi connectivity index (χ2n) is 6.50. The number of amides is 2. The van der Waals surface area contributed by atoms with Crippen molar-refractivity contribution >= 4 is 29.3 Å². The number of thioether (sulfide) groups is 1. The number of carbonyl (C=O) groups is 2. The van der Waals surface area contributed by atoms with E-state index >= 15 is 0 Å². The SMILES string of the molecule is CSc1ccc(CN(C)CC(=O)N2C[C@@H](C(N)=O)Oc3ccccc32)cc1. The van der Waals surface area contributed by atoms with Crippen LogP contribution in [0.3, 0.4) is 0 Å². The molecule has 6 nitrogen and oxygen atoms in total. The number of fused-ring (bicyclic) bond motifs is 1. The highest BCUT2D eigenvalue weighted by Crippen LogP contribution is 2.33. The predicted octanol–water partition coefficient (Wildman–Crippen LogP) is 2.12. The van der Waals surface area contributed by atoms with Crippen molar-refractivity contribution in [2.24, 2.45) is 5.73 Å². The van der Waals surface area contributed by atoms with Crippen molar-refractivity contribution in [1.29, 1.82) is 0 Å². The fourth-order valence-corrected chi connectivity index (χ4v) is 3.44. The van der Waals surface area contributed by atoms with E-state index in [1.807, 2.05) is 30.3 Å². The Labute approximate surface area is 163 Å². The number of primary amides is 1. The maximum absolute atomic E-state index is 12.9. The van der Waals surface area contributed by atoms with Crippen molar-refractivity contribution in [3.8, 4) is 5.75 Å². The molecule has 142 valence electrons. The number of carbonyl (C=O) groups excluding carboxylic acids is 2. The smallest absolute Gasteiger partial charge is 0.260 e. The van der Waals surface area contributed by atoms with Gasteiger partial charge in [-0.3, -0.25) is 14.5 Å². The average molecular weight is 385 g/mol. The number of nitrogens with zero attached hydrogens (tertiary/aromatic N) is 2. The highest BCUT2D eigenvalue weighted by molar-refractivity contribution is 7.98. The third kappa shape index (κ3) is 4.61. The lowest BCUT2D eigenvalue weighted by Gasteiger charge is -2.34. The monoisotopic (exact) mass is 385 g/mol. The molecule has 0 saturated carbocycles. The Kier molecular flexibility index (Phi) is 6.03. The first-order valence-electron chi connectivity index (χ1n) is 8.64. The van der Waals surface area contributed by atoms with Gasteiger partial charge < -0.3 is 15.4 Å². The zero-order valence-corrected chi connectivity index (χ0v) is 16.2. The molecule has 1 atom stereocenters. The molecule has 0 radical (unpaired) electrons. The predicted molar refractivity (Wildman–Crippen MR) is 107 cm³/mol. The van der Waals surface area contributed by atoms with E-state index in [1.54, 1.807) is 28.8 Å². The summed E-state index contributed by atoms with van der Waals surface area (Å²) in [4.78, 5) is 29.2. The third-order valence-corrected chi connectivity index (χ3v) is 5.15. The minimum Gasteiger partial charge on any atom is -0.477 e. The van der Waals surface area contributed by atoms with E-state index in [2.05, 4.69) is 24.3 Å². The minimum atomic E-state index is -0.840. The van der Waals surface area contributed by atoms with E-state index in [4.69, 9.17) is 10.5 Å². The molecular weight excluding hydrogens is 362 g/mol. The number of anilines is 1. The van der Waals surface area contributed by atoms with Gasteiger partial charge in [-0.05, 0) is 43.1 Å². The van der Waals surface area contributed by atoms with Gasteiger partial charge >= 0.3 is 0 Å². The molecule has 2 amide bonds. The van der Waals surface area contributed by atoms with E-state index in [-0.39, 0.29) is 19.0 Å². The number of hydrogen-bond donors (Lipinski definition) is 1. The Morgan fingerprint density at radius 1 is 1.22 bits per heavy atom. The Morgan fingerprint density at radius 3 is 2.59 bits per heavy atom. The van der Waals surface area contributed by atoms with E-state index < -0.39 is 12.0 Å². The van der Waals surface area contributed by atoms with Crippen molar-refractivity contribution in [1.82, 2.24) is 4.90 Å². The molecule has 0 fully saturated rings. The molecule has 0 saturated heterocycles. The number of para-hydroxylation sites is 2. The molecule has 2 aromatic rings. The summed E-state index contributed by atoms with van der Waals surface area (Å²) in [7, 11) is 1.90. The number of likely N-dealkylation sites (N-methyl/N-ethyl adjacent to an activating group) is 1. The summed E-state index contributed by atoms with van der Waals surface area (Å²) < 4.78 is 5.61. The average Bonchev–Trinajstić information content (AvgIpc) is 2.67. The van der Waals surface area contributed by atoms with Crippen LogP contribution in [0.5, 0.6) is 5.75 Å². The summed E-state index contributed by atoms with van der Waals surface area (Å²) >= 11 is 1.70. The molecule has 0 bridgehead atoms. The van der Waals surface area contributed by atoms with E-state index in [0.29, 0.717) is 18.0 Å². The minimum absolute atomic E-state index is 0.0970. The van der Waals surface area contributed by atoms with Crippen molar-refractivity contribution in [3.05, 3.63) is 54.1 Å². The van der Waals surface area contributed by atoms with Gasteiger partial charge in [0.2, 0.25) is 5.91 Å². The van der Waals surface area contributed by atoms with Gasteiger partial charge in [0.05, 0.1) is 18.8 Å². The molecule has 27 heavy (non-hydrogen) atoms. The number of hydrogen-bond acceptors (Lipinski definition) is 5. The molecule has 0 unspecified atom stereocenters. The molecule has 3 rings (SSSR count). The molecule has 0 spiro atoms. The van der Waals surface area contributed by atoms with Crippen molar-refractivity contribution in [2.45, 2.75) is 17.5 Å². The first kappa shape index (κ1) is 19.3. The first-order valence-corrected chi connectivity index (χ1v) is 9.87. The fraction of sp³-hybridized carbons (Fsp3) is 0.300. The van der Waals surface area contributed by atoms with Crippen LogP contribution >= 0.6 is 11.8 Å². The van der Waals surface area contributed by atoms with Crippen LogP contribution in [0.2, 0.25) is 0 Å². The van der Waals surface area contributed by atoms with Gasteiger partial charge in [0, 0.05) is 11.4 Å². The second-order valence-corrected chi connectivity index (χ2v) is 7.38. The van der Waals surface area contributed by atoms with E-state index in [0.717, 1.165) is 5.56 Å². The molecule has 2 N–H and O–H groups in total. The van der Waals surface area contributed by atoms with Gasteiger partial charge in [-0.1, -0.05) is 24.3 Å². The summed E-state index contributed by atoms with van der Waals surface area (Å²) in [5.74, 6) is -0.180. The van der Waals surface area contributed by atoms with Crippen LogP contribution < -0.4 is 15.4 Å². The molecule has 7 heteroatoms. The summed E-state index contributed by atoms with van der Waals surface area (Å²) in [6, 6.07) is 15.5. The van der Waals surface area contributed by atoms with Gasteiger partial charge in [0.1, 0.15) is 5.75 Å². The largest absolute Gasteiger partial charge is 0.477 e. The summed E-state index contributed by atoms with van der Waals surface area (Å²) in [5.41, 5.74) is 7.20. The Bertz CT molecular complexity index is 825. The second kappa shape index (κ2) is 8.45. The number of ether oxygens (including phenoxy) is 1. The quantitative estimate of drug-likeness (QED) is 0.771. The fourth-order valence-electron chi connectivity index (χ4n) is 3.03. The van der Waals surface area contributed by atoms with Crippen LogP contribution in [0.1, 0.15) is 5.56 Å². The Balaban J connectivity index is 1.69. The molecule has 0 aromatic heterocycles. The topological polar surface area (TPSA) is 75.9 Å². The first-order chi connectivity index (χ1) is 13.0. The standard InChI is InChI=1S/C20H23N3O3S/c1-22(11-14-7-9-15(27-2)10-8-14)13-19(24)23-12-18(20(21)25)26-17-6-4-3-5-16(17)23/h3-10,18H,11-13H2,1-2H3,(H2,21,25)/t18-/m0/s1. The molecule has 1 heterocycles. The van der Waals surface area contributed by atoms with Crippen LogP contribution in [-0.2, 0) is 16.1 Å². The lowest BCUT2D eigenvalue weighted by Crippen LogP contribution is -2.51. The van der Waals surface area contributed by atoms with Gasteiger partial charge in [0.15, 0.2) is 6.10 Å². The van der Waals surface area contributed by atoms with Crippen LogP contribution in [0.4, 0.5) is 5.69 Å². The number of rotatable bonds is 6. The van der Waals surface area contributed by atoms with E-state index in [9.17, 15) is 9.59 Å². The normalized spacial score (nSPS) is 16.0. The van der Waals surface area contributed by atoms with Gasteiger partial charge in [0.25, 0.3) is 5.91 Å². The van der Waals surface area contributed by atoms with Crippen LogP contribution in [0.25, 0.3) is 0 Å². The molecular formula is C20H23N3O3S. The number of nitrogens with two attached hydrogens (primary N) is 1. The lowest BCUT2D eigenvalue weighted by atomic mass is 10.1. The lowest BCUT2D eigenvalue weighted by molar-refractivity contribution is -0.125. The van der Waals surface area contributed by atoms with Crippen molar-refractivity contribution in [2.75, 3.05) is 31.3 Å². The Morgan fingerprint density at radius 2 is 1.93 bits per heavy atom. The highest BCUT2D eigenvalue weighted by atomic mass is 32.2. The summed E-state index contributed by atoms with van der Waals surface area (Å²) in [5, 5.41) is 0. The maximum atomic E-state index is 12.9. The van der Waals surface area contributed by atoms with Crippen LogP contribution in [0, 0.1) is 0 Å². The number of benzene rings is 2. The Hall–Kier alpha value is -2.51. The molecule has 2 aromatic carbocycles.